The summed E-state index contributed by atoms with van der Waals surface area (Å²) >= 11 is 0. The first-order chi connectivity index (χ1) is 23.8. The van der Waals surface area contributed by atoms with Crippen LogP contribution in [0, 0.1) is 0 Å². The maximum Gasteiger partial charge on any atom is 0.143 e. The summed E-state index contributed by atoms with van der Waals surface area (Å²) in [5.41, 5.74) is 12.2. The Morgan fingerprint density at radius 1 is 0.312 bits per heavy atom. The van der Waals surface area contributed by atoms with Gasteiger partial charge in [0.2, 0.25) is 0 Å². The van der Waals surface area contributed by atoms with Crippen molar-refractivity contribution in [3.8, 4) is 33.4 Å². The Labute approximate surface area is 279 Å². The standard InChI is InChI=1S/C46H31NO/c1-2-14-35(15-3-1)47(36-28-24-33(25-29-36)39-20-10-13-32-12-4-5-16-38(32)39)37-30-26-34(27-31-37)40-17-6-7-18-41(40)43-21-11-22-44-42-19-8-9-23-45(42)48-46(43)44/h1-31H. The fourth-order valence-electron chi connectivity index (χ4n) is 7.01. The van der Waals surface area contributed by atoms with Crippen molar-refractivity contribution in [1.82, 2.24) is 0 Å². The topological polar surface area (TPSA) is 16.4 Å². The zero-order valence-corrected chi connectivity index (χ0v) is 26.3. The van der Waals surface area contributed by atoms with Crippen LogP contribution in [0.15, 0.2) is 192 Å². The molecule has 0 N–H and O–H groups in total. The molecule has 9 rings (SSSR count). The van der Waals surface area contributed by atoms with E-state index >= 15 is 0 Å². The first-order valence-corrected chi connectivity index (χ1v) is 16.4. The summed E-state index contributed by atoms with van der Waals surface area (Å²) in [5, 5.41) is 4.79. The molecule has 0 aliphatic rings. The third kappa shape index (κ3) is 4.83. The lowest BCUT2D eigenvalue weighted by molar-refractivity contribution is 0.670. The SMILES string of the molecule is c1ccc(N(c2ccc(-c3ccccc3-c3cccc4c3oc3ccccc34)cc2)c2ccc(-c3cccc4ccccc34)cc2)cc1. The van der Waals surface area contributed by atoms with E-state index < -0.39 is 0 Å². The number of rotatable bonds is 6. The second-order valence-electron chi connectivity index (χ2n) is 12.1. The molecular weight excluding hydrogens is 583 g/mol. The fourth-order valence-corrected chi connectivity index (χ4v) is 7.01. The van der Waals surface area contributed by atoms with E-state index in [1.54, 1.807) is 0 Å². The zero-order valence-electron chi connectivity index (χ0n) is 26.3. The van der Waals surface area contributed by atoms with Crippen LogP contribution in [0.4, 0.5) is 17.1 Å². The number of para-hydroxylation sites is 3. The molecule has 0 fully saturated rings. The van der Waals surface area contributed by atoms with Gasteiger partial charge in [-0.2, -0.15) is 0 Å². The molecule has 0 bridgehead atoms. The second kappa shape index (κ2) is 11.8. The lowest BCUT2D eigenvalue weighted by Gasteiger charge is -2.26. The van der Waals surface area contributed by atoms with Crippen molar-refractivity contribution in [1.29, 1.82) is 0 Å². The van der Waals surface area contributed by atoms with E-state index in [1.165, 1.54) is 27.5 Å². The van der Waals surface area contributed by atoms with E-state index in [4.69, 9.17) is 4.42 Å². The van der Waals surface area contributed by atoms with Crippen LogP contribution < -0.4 is 4.90 Å². The zero-order chi connectivity index (χ0) is 31.9. The predicted octanol–water partition coefficient (Wildman–Crippen LogP) is 13.2. The lowest BCUT2D eigenvalue weighted by atomic mass is 9.93. The summed E-state index contributed by atoms with van der Waals surface area (Å²) in [6.07, 6.45) is 0. The molecule has 0 radical (unpaired) electrons. The molecule has 0 aliphatic heterocycles. The van der Waals surface area contributed by atoms with Crippen LogP contribution in [0.25, 0.3) is 66.1 Å². The molecule has 0 unspecified atom stereocenters. The quantitative estimate of drug-likeness (QED) is 0.185. The maximum atomic E-state index is 6.43. The van der Waals surface area contributed by atoms with Crippen molar-refractivity contribution < 1.29 is 4.42 Å². The summed E-state index contributed by atoms with van der Waals surface area (Å²) in [6.45, 7) is 0. The highest BCUT2D eigenvalue weighted by Crippen LogP contribution is 2.41. The van der Waals surface area contributed by atoms with Crippen LogP contribution in [0.3, 0.4) is 0 Å². The average Bonchev–Trinajstić information content (AvgIpc) is 3.55. The molecule has 2 nitrogen and oxygen atoms in total. The molecule has 8 aromatic carbocycles. The highest BCUT2D eigenvalue weighted by molar-refractivity contribution is 6.10. The van der Waals surface area contributed by atoms with Gasteiger partial charge in [-0.05, 0) is 81.1 Å². The van der Waals surface area contributed by atoms with Gasteiger partial charge >= 0.3 is 0 Å². The largest absolute Gasteiger partial charge is 0.455 e. The molecule has 0 atom stereocenters. The summed E-state index contributed by atoms with van der Waals surface area (Å²) in [5.74, 6) is 0. The molecule has 0 saturated carbocycles. The van der Waals surface area contributed by atoms with E-state index in [1.807, 2.05) is 12.1 Å². The number of benzene rings is 8. The van der Waals surface area contributed by atoms with Gasteiger partial charge in [0.1, 0.15) is 11.2 Å². The molecule has 2 heteroatoms. The summed E-state index contributed by atoms with van der Waals surface area (Å²) in [4.78, 5) is 2.32. The van der Waals surface area contributed by atoms with Crippen molar-refractivity contribution in [2.45, 2.75) is 0 Å². The Morgan fingerprint density at radius 2 is 0.812 bits per heavy atom. The molecule has 0 amide bonds. The molecular formula is C46H31NO. The van der Waals surface area contributed by atoms with Crippen molar-refractivity contribution in [2.75, 3.05) is 4.90 Å². The monoisotopic (exact) mass is 613 g/mol. The third-order valence-electron chi connectivity index (χ3n) is 9.30. The second-order valence-corrected chi connectivity index (χ2v) is 12.1. The lowest BCUT2D eigenvalue weighted by Crippen LogP contribution is -2.09. The van der Waals surface area contributed by atoms with Gasteiger partial charge in [-0.3, -0.25) is 0 Å². The van der Waals surface area contributed by atoms with E-state index in [9.17, 15) is 0 Å². The molecule has 226 valence electrons. The van der Waals surface area contributed by atoms with Crippen LogP contribution in [0.5, 0.6) is 0 Å². The van der Waals surface area contributed by atoms with Gasteiger partial charge in [-0.25, -0.2) is 0 Å². The normalized spacial score (nSPS) is 11.3. The Kier molecular flexibility index (Phi) is 6.84. The summed E-state index contributed by atoms with van der Waals surface area (Å²) < 4.78 is 6.43. The first-order valence-electron chi connectivity index (χ1n) is 16.4. The van der Waals surface area contributed by atoms with Crippen LogP contribution in [-0.4, -0.2) is 0 Å². The number of furan rings is 1. The van der Waals surface area contributed by atoms with Crippen molar-refractivity contribution in [3.63, 3.8) is 0 Å². The number of fused-ring (bicyclic) bond motifs is 4. The number of anilines is 3. The smallest absolute Gasteiger partial charge is 0.143 e. The van der Waals surface area contributed by atoms with Crippen LogP contribution in [-0.2, 0) is 0 Å². The number of hydrogen-bond donors (Lipinski definition) is 0. The Bertz CT molecular complexity index is 2540. The van der Waals surface area contributed by atoms with E-state index in [-0.39, 0.29) is 0 Å². The maximum absolute atomic E-state index is 6.43. The summed E-state index contributed by atoms with van der Waals surface area (Å²) in [6, 6.07) is 66.8. The first kappa shape index (κ1) is 27.9. The Hall–Kier alpha value is -6.38. The van der Waals surface area contributed by atoms with Gasteiger partial charge in [0, 0.05) is 33.4 Å². The average molecular weight is 614 g/mol. The fraction of sp³-hybridized carbons (Fsp3) is 0. The van der Waals surface area contributed by atoms with E-state index in [2.05, 4.69) is 181 Å². The molecule has 1 heterocycles. The molecule has 9 aromatic rings. The summed E-state index contributed by atoms with van der Waals surface area (Å²) in [7, 11) is 0. The van der Waals surface area contributed by atoms with Gasteiger partial charge in [0.05, 0.1) is 0 Å². The minimum atomic E-state index is 0.910. The molecule has 1 aromatic heterocycles. The Balaban J connectivity index is 1.10. The highest BCUT2D eigenvalue weighted by atomic mass is 16.3. The van der Waals surface area contributed by atoms with Gasteiger partial charge in [-0.1, -0.05) is 146 Å². The van der Waals surface area contributed by atoms with Gasteiger partial charge < -0.3 is 9.32 Å². The number of hydrogen-bond acceptors (Lipinski definition) is 2. The minimum Gasteiger partial charge on any atom is -0.455 e. The van der Waals surface area contributed by atoms with E-state index in [0.29, 0.717) is 0 Å². The molecule has 0 saturated heterocycles. The van der Waals surface area contributed by atoms with Gasteiger partial charge in [-0.15, -0.1) is 0 Å². The van der Waals surface area contributed by atoms with Crippen molar-refractivity contribution in [3.05, 3.63) is 188 Å². The Morgan fingerprint density at radius 3 is 1.58 bits per heavy atom. The van der Waals surface area contributed by atoms with Gasteiger partial charge in [0.25, 0.3) is 0 Å². The highest BCUT2D eigenvalue weighted by Gasteiger charge is 2.17. The van der Waals surface area contributed by atoms with Crippen LogP contribution >= 0.6 is 0 Å². The molecule has 0 aliphatic carbocycles. The van der Waals surface area contributed by atoms with Gasteiger partial charge in [0.15, 0.2) is 0 Å². The van der Waals surface area contributed by atoms with Crippen LogP contribution in [0.2, 0.25) is 0 Å². The minimum absolute atomic E-state index is 0.910. The van der Waals surface area contributed by atoms with Crippen LogP contribution in [0.1, 0.15) is 0 Å². The van der Waals surface area contributed by atoms with Crippen molar-refractivity contribution in [2.24, 2.45) is 0 Å². The number of nitrogens with zero attached hydrogens (tertiary/aromatic N) is 1. The third-order valence-corrected chi connectivity index (χ3v) is 9.30. The predicted molar refractivity (Wildman–Crippen MR) is 202 cm³/mol. The molecule has 48 heavy (non-hydrogen) atoms. The molecule has 0 spiro atoms. The van der Waals surface area contributed by atoms with Crippen molar-refractivity contribution >= 4 is 49.8 Å². The van der Waals surface area contributed by atoms with E-state index in [0.717, 1.165) is 55.7 Å².